The first-order chi connectivity index (χ1) is 9.44. The molecule has 1 aliphatic heterocycles. The molecule has 0 unspecified atom stereocenters. The molecule has 1 heterocycles. The zero-order valence-electron chi connectivity index (χ0n) is 12.2. The Morgan fingerprint density at radius 3 is 2.50 bits per heavy atom. The van der Waals surface area contributed by atoms with Crippen LogP contribution in [0.1, 0.15) is 32.3 Å². The van der Waals surface area contributed by atoms with Crippen LogP contribution >= 0.6 is 0 Å². The zero-order chi connectivity index (χ0) is 14.6. The van der Waals surface area contributed by atoms with Crippen LogP contribution in [0.5, 0.6) is 0 Å². The summed E-state index contributed by atoms with van der Waals surface area (Å²) in [5.74, 6) is -0.0661. The van der Waals surface area contributed by atoms with Gasteiger partial charge in [-0.15, -0.1) is 0 Å². The molecule has 20 heavy (non-hydrogen) atoms. The molecular weight excluding hydrogens is 254 g/mol. The number of hydrogen-bond donors (Lipinski definition) is 2. The molecule has 1 aromatic rings. The van der Waals surface area contributed by atoms with Crippen LogP contribution in [-0.4, -0.2) is 36.4 Å². The second-order valence-electron chi connectivity index (χ2n) is 6.01. The van der Waals surface area contributed by atoms with Crippen LogP contribution in [0.2, 0.25) is 0 Å². The summed E-state index contributed by atoms with van der Waals surface area (Å²) in [7, 11) is 0. The molecule has 0 aromatic heterocycles. The van der Waals surface area contributed by atoms with Gasteiger partial charge in [-0.25, -0.2) is 0 Å². The lowest BCUT2D eigenvalue weighted by Crippen LogP contribution is -2.50. The molecule has 1 aliphatic rings. The summed E-state index contributed by atoms with van der Waals surface area (Å²) in [5, 5.41) is 13.2. The lowest BCUT2D eigenvalue weighted by atomic mass is 9.83. The van der Waals surface area contributed by atoms with Crippen LogP contribution < -0.4 is 5.32 Å². The van der Waals surface area contributed by atoms with Gasteiger partial charge >= 0.3 is 0 Å². The fourth-order valence-electron chi connectivity index (χ4n) is 2.38. The fourth-order valence-corrected chi connectivity index (χ4v) is 2.38. The molecule has 4 nitrogen and oxygen atoms in total. The first kappa shape index (κ1) is 15.0. The maximum atomic E-state index is 12.4. The smallest absolute Gasteiger partial charge is 0.230 e. The Labute approximate surface area is 120 Å². The van der Waals surface area contributed by atoms with Crippen LogP contribution in [0.15, 0.2) is 30.3 Å². The molecule has 1 saturated heterocycles. The predicted molar refractivity (Wildman–Crippen MR) is 77.5 cm³/mol. The monoisotopic (exact) mass is 277 g/mol. The highest BCUT2D eigenvalue weighted by Gasteiger charge is 2.34. The third kappa shape index (κ3) is 3.38. The zero-order valence-corrected chi connectivity index (χ0v) is 12.2. The molecule has 0 radical (unpaired) electrons. The highest BCUT2D eigenvalue weighted by Crippen LogP contribution is 2.24. The van der Waals surface area contributed by atoms with Gasteiger partial charge in [-0.3, -0.25) is 4.79 Å². The van der Waals surface area contributed by atoms with E-state index in [2.05, 4.69) is 5.32 Å². The van der Waals surface area contributed by atoms with E-state index in [0.717, 1.165) is 5.56 Å². The van der Waals surface area contributed by atoms with Crippen LogP contribution in [-0.2, 0) is 14.9 Å². The van der Waals surface area contributed by atoms with E-state index in [1.54, 1.807) is 0 Å². The maximum absolute atomic E-state index is 12.4. The van der Waals surface area contributed by atoms with Crippen molar-refractivity contribution in [1.29, 1.82) is 0 Å². The van der Waals surface area contributed by atoms with E-state index >= 15 is 0 Å². The maximum Gasteiger partial charge on any atom is 0.230 e. The summed E-state index contributed by atoms with van der Waals surface area (Å²) < 4.78 is 5.24. The van der Waals surface area contributed by atoms with Crippen molar-refractivity contribution in [2.75, 3.05) is 19.8 Å². The van der Waals surface area contributed by atoms with Crippen molar-refractivity contribution in [1.82, 2.24) is 5.32 Å². The molecule has 0 aliphatic carbocycles. The molecule has 1 aromatic carbocycles. The molecule has 110 valence electrons. The molecule has 4 heteroatoms. The molecule has 0 bridgehead atoms. The summed E-state index contributed by atoms with van der Waals surface area (Å²) in [5.41, 5.74) is -0.472. The average Bonchev–Trinajstić information content (AvgIpc) is 2.46. The Morgan fingerprint density at radius 2 is 1.90 bits per heavy atom. The normalized spacial score (nSPS) is 18.6. The summed E-state index contributed by atoms with van der Waals surface area (Å²) >= 11 is 0. The molecule has 1 fully saturated rings. The van der Waals surface area contributed by atoms with Crippen molar-refractivity contribution in [2.24, 2.45) is 0 Å². The first-order valence-electron chi connectivity index (χ1n) is 7.08. The summed E-state index contributed by atoms with van der Waals surface area (Å²) in [6, 6.07) is 9.68. The van der Waals surface area contributed by atoms with Gasteiger partial charge in [0.1, 0.15) is 0 Å². The number of nitrogens with one attached hydrogen (secondary N) is 1. The average molecular weight is 277 g/mol. The Hall–Kier alpha value is -1.39. The van der Waals surface area contributed by atoms with Gasteiger partial charge < -0.3 is 15.2 Å². The fraction of sp³-hybridized carbons (Fsp3) is 0.562. The molecule has 0 spiro atoms. The Bertz CT molecular complexity index is 450. The van der Waals surface area contributed by atoms with E-state index in [0.29, 0.717) is 26.1 Å². The van der Waals surface area contributed by atoms with Gasteiger partial charge in [-0.05, 0) is 19.4 Å². The highest BCUT2D eigenvalue weighted by atomic mass is 16.5. The minimum atomic E-state index is -0.833. The molecular formula is C16H23NO3. The Balaban J connectivity index is 1.97. The number of rotatable bonds is 4. The number of ether oxygens (including phenoxy) is 1. The molecule has 1 amide bonds. The van der Waals surface area contributed by atoms with Gasteiger partial charge in [0.15, 0.2) is 0 Å². The van der Waals surface area contributed by atoms with E-state index in [1.165, 1.54) is 0 Å². The van der Waals surface area contributed by atoms with E-state index in [4.69, 9.17) is 4.74 Å². The minimum absolute atomic E-state index is 0.0661. The lowest BCUT2D eigenvalue weighted by Gasteiger charge is -2.33. The van der Waals surface area contributed by atoms with Gasteiger partial charge in [-0.2, -0.15) is 0 Å². The topological polar surface area (TPSA) is 58.6 Å². The third-order valence-electron chi connectivity index (χ3n) is 4.06. The predicted octanol–water partition coefficient (Wildman–Crippen LogP) is 1.62. The van der Waals surface area contributed by atoms with Gasteiger partial charge in [-0.1, -0.05) is 30.3 Å². The lowest BCUT2D eigenvalue weighted by molar-refractivity contribution is -0.128. The molecule has 2 N–H and O–H groups in total. The van der Waals surface area contributed by atoms with Crippen molar-refractivity contribution in [3.05, 3.63) is 35.9 Å². The van der Waals surface area contributed by atoms with Crippen LogP contribution in [0.4, 0.5) is 0 Å². The standard InChI is InChI=1S/C16H23NO3/c1-15(2,13-6-4-3-5-7-13)14(18)17-12-16(19)8-10-20-11-9-16/h3-7,19H,8-12H2,1-2H3,(H,17,18). The van der Waals surface area contributed by atoms with E-state index in [1.807, 2.05) is 44.2 Å². The van der Waals surface area contributed by atoms with Crippen molar-refractivity contribution in [3.63, 3.8) is 0 Å². The highest BCUT2D eigenvalue weighted by molar-refractivity contribution is 5.87. The number of aliphatic hydroxyl groups is 1. The number of hydrogen-bond acceptors (Lipinski definition) is 3. The molecule has 2 rings (SSSR count). The van der Waals surface area contributed by atoms with Crippen LogP contribution in [0.25, 0.3) is 0 Å². The van der Waals surface area contributed by atoms with Gasteiger partial charge in [0, 0.05) is 32.6 Å². The largest absolute Gasteiger partial charge is 0.388 e. The van der Waals surface area contributed by atoms with Gasteiger partial charge in [0.2, 0.25) is 5.91 Å². The second-order valence-corrected chi connectivity index (χ2v) is 6.01. The van der Waals surface area contributed by atoms with Crippen LogP contribution in [0, 0.1) is 0 Å². The van der Waals surface area contributed by atoms with Gasteiger partial charge in [0.25, 0.3) is 0 Å². The Morgan fingerprint density at radius 1 is 1.30 bits per heavy atom. The SMILES string of the molecule is CC(C)(C(=O)NCC1(O)CCOCC1)c1ccccc1. The number of carbonyl (C=O) groups is 1. The van der Waals surface area contributed by atoms with Crippen molar-refractivity contribution in [2.45, 2.75) is 37.7 Å². The van der Waals surface area contributed by atoms with Crippen LogP contribution in [0.3, 0.4) is 0 Å². The molecule has 0 saturated carbocycles. The number of amides is 1. The minimum Gasteiger partial charge on any atom is -0.388 e. The first-order valence-corrected chi connectivity index (χ1v) is 7.08. The number of carbonyl (C=O) groups excluding carboxylic acids is 1. The third-order valence-corrected chi connectivity index (χ3v) is 4.06. The van der Waals surface area contributed by atoms with E-state index < -0.39 is 11.0 Å². The second kappa shape index (κ2) is 5.94. The van der Waals surface area contributed by atoms with E-state index in [-0.39, 0.29) is 12.5 Å². The van der Waals surface area contributed by atoms with Crippen molar-refractivity contribution >= 4 is 5.91 Å². The van der Waals surface area contributed by atoms with Crippen molar-refractivity contribution in [3.8, 4) is 0 Å². The number of benzene rings is 1. The van der Waals surface area contributed by atoms with Crippen molar-refractivity contribution < 1.29 is 14.6 Å². The summed E-state index contributed by atoms with van der Waals surface area (Å²) in [6.07, 6.45) is 1.14. The Kier molecular flexibility index (Phi) is 4.45. The molecule has 0 atom stereocenters. The summed E-state index contributed by atoms with van der Waals surface area (Å²) in [4.78, 5) is 12.4. The quantitative estimate of drug-likeness (QED) is 0.879. The van der Waals surface area contributed by atoms with E-state index in [9.17, 15) is 9.90 Å². The van der Waals surface area contributed by atoms with Gasteiger partial charge in [0.05, 0.1) is 11.0 Å². The summed E-state index contributed by atoms with van der Waals surface area (Å²) in [6.45, 7) is 5.17.